The zero-order chi connectivity index (χ0) is 15.6. The van der Waals surface area contributed by atoms with E-state index < -0.39 is 0 Å². The summed E-state index contributed by atoms with van der Waals surface area (Å²) in [5, 5.41) is 4.25. The molecule has 4 heterocycles. The van der Waals surface area contributed by atoms with Gasteiger partial charge in [-0.05, 0) is 18.2 Å². The molecule has 0 aromatic carbocycles. The number of aromatic amines is 1. The molecule has 0 radical (unpaired) electrons. The first kappa shape index (κ1) is 13.8. The van der Waals surface area contributed by atoms with Crippen LogP contribution in [0.3, 0.4) is 0 Å². The molecule has 0 saturated carbocycles. The van der Waals surface area contributed by atoms with Gasteiger partial charge in [-0.25, -0.2) is 4.98 Å². The Balaban J connectivity index is 1.51. The topological polar surface area (TPSA) is 71.7 Å². The standard InChI is InChI=1S/C16H18N6O/c23-16(14-3-1-5-17-14)20-8-4-15-18-11-13(22(15)10-9-20)12-21-7-2-6-19-21/h1-3,5-7,11,17H,4,8-10,12H2. The van der Waals surface area contributed by atoms with E-state index in [4.69, 9.17) is 0 Å². The summed E-state index contributed by atoms with van der Waals surface area (Å²) < 4.78 is 4.10. The number of hydrogen-bond donors (Lipinski definition) is 1. The monoisotopic (exact) mass is 310 g/mol. The Morgan fingerprint density at radius 1 is 1.26 bits per heavy atom. The van der Waals surface area contributed by atoms with Crippen molar-refractivity contribution in [3.05, 3.63) is 60.2 Å². The highest BCUT2D eigenvalue weighted by atomic mass is 16.2. The van der Waals surface area contributed by atoms with Gasteiger partial charge in [-0.15, -0.1) is 0 Å². The largest absolute Gasteiger partial charge is 0.357 e. The fourth-order valence-electron chi connectivity index (χ4n) is 3.02. The van der Waals surface area contributed by atoms with E-state index in [1.54, 1.807) is 12.4 Å². The van der Waals surface area contributed by atoms with E-state index in [1.165, 1.54) is 0 Å². The number of carbonyl (C=O) groups excluding carboxylic acids is 1. The smallest absolute Gasteiger partial charge is 0.270 e. The van der Waals surface area contributed by atoms with E-state index in [9.17, 15) is 4.79 Å². The van der Waals surface area contributed by atoms with Crippen molar-refractivity contribution in [3.63, 3.8) is 0 Å². The number of amides is 1. The minimum absolute atomic E-state index is 0.0504. The highest BCUT2D eigenvalue weighted by Crippen LogP contribution is 2.14. The zero-order valence-electron chi connectivity index (χ0n) is 12.7. The molecular formula is C16H18N6O. The molecule has 0 unspecified atom stereocenters. The number of hydrogen-bond acceptors (Lipinski definition) is 3. The van der Waals surface area contributed by atoms with Gasteiger partial charge in [0.15, 0.2) is 0 Å². The van der Waals surface area contributed by atoms with E-state index in [2.05, 4.69) is 19.6 Å². The number of imidazole rings is 1. The van der Waals surface area contributed by atoms with Crippen molar-refractivity contribution in [1.82, 2.24) is 29.2 Å². The average molecular weight is 310 g/mol. The normalized spacial score (nSPS) is 14.5. The third kappa shape index (κ3) is 2.65. The third-order valence-corrected chi connectivity index (χ3v) is 4.22. The van der Waals surface area contributed by atoms with Gasteiger partial charge in [0.05, 0.1) is 18.4 Å². The minimum atomic E-state index is 0.0504. The van der Waals surface area contributed by atoms with E-state index in [-0.39, 0.29) is 5.91 Å². The van der Waals surface area contributed by atoms with Crippen LogP contribution in [0.25, 0.3) is 0 Å². The van der Waals surface area contributed by atoms with Crippen molar-refractivity contribution in [2.45, 2.75) is 19.5 Å². The van der Waals surface area contributed by atoms with E-state index >= 15 is 0 Å². The molecule has 1 N–H and O–H groups in total. The summed E-state index contributed by atoms with van der Waals surface area (Å²) >= 11 is 0. The first-order valence-corrected chi connectivity index (χ1v) is 7.74. The number of aromatic nitrogens is 5. The van der Waals surface area contributed by atoms with Gasteiger partial charge in [-0.3, -0.25) is 9.48 Å². The van der Waals surface area contributed by atoms with Crippen LogP contribution in [0.15, 0.2) is 43.0 Å². The van der Waals surface area contributed by atoms with Crippen molar-refractivity contribution < 1.29 is 4.79 Å². The Morgan fingerprint density at radius 3 is 3.00 bits per heavy atom. The van der Waals surface area contributed by atoms with Gasteiger partial charge in [0.1, 0.15) is 11.5 Å². The molecule has 7 nitrogen and oxygen atoms in total. The van der Waals surface area contributed by atoms with Crippen molar-refractivity contribution in [1.29, 1.82) is 0 Å². The summed E-state index contributed by atoms with van der Waals surface area (Å²) in [4.78, 5) is 21.9. The molecule has 0 fully saturated rings. The average Bonchev–Trinajstić information content (AvgIpc) is 3.29. The maximum atomic E-state index is 12.5. The number of fused-ring (bicyclic) bond motifs is 1. The summed E-state index contributed by atoms with van der Waals surface area (Å²) in [5.74, 6) is 1.09. The summed E-state index contributed by atoms with van der Waals surface area (Å²) in [6, 6.07) is 5.57. The van der Waals surface area contributed by atoms with Gasteiger partial charge in [-0.2, -0.15) is 5.10 Å². The van der Waals surface area contributed by atoms with Gasteiger partial charge in [0, 0.05) is 44.6 Å². The van der Waals surface area contributed by atoms with Gasteiger partial charge in [0.2, 0.25) is 0 Å². The van der Waals surface area contributed by atoms with Crippen LogP contribution in [0.5, 0.6) is 0 Å². The summed E-state index contributed by atoms with van der Waals surface area (Å²) in [5.41, 5.74) is 1.76. The quantitative estimate of drug-likeness (QED) is 0.789. The number of nitrogens with zero attached hydrogens (tertiary/aromatic N) is 5. The highest BCUT2D eigenvalue weighted by molar-refractivity contribution is 5.92. The highest BCUT2D eigenvalue weighted by Gasteiger charge is 2.22. The Kier molecular flexibility index (Phi) is 3.45. The molecule has 1 amide bonds. The zero-order valence-corrected chi connectivity index (χ0v) is 12.7. The lowest BCUT2D eigenvalue weighted by atomic mass is 10.3. The Labute approximate surface area is 133 Å². The van der Waals surface area contributed by atoms with Crippen LogP contribution >= 0.6 is 0 Å². The molecule has 1 aliphatic heterocycles. The number of carbonyl (C=O) groups is 1. The van der Waals surface area contributed by atoms with Crippen LogP contribution in [-0.2, 0) is 19.5 Å². The second kappa shape index (κ2) is 5.75. The van der Waals surface area contributed by atoms with E-state index in [1.807, 2.05) is 40.2 Å². The third-order valence-electron chi connectivity index (χ3n) is 4.22. The second-order valence-corrected chi connectivity index (χ2v) is 5.65. The molecule has 4 rings (SSSR count). The van der Waals surface area contributed by atoms with E-state index in [0.717, 1.165) is 24.5 Å². The molecule has 0 saturated heterocycles. The van der Waals surface area contributed by atoms with Gasteiger partial charge in [0.25, 0.3) is 5.91 Å². The lowest BCUT2D eigenvalue weighted by Gasteiger charge is -2.19. The lowest BCUT2D eigenvalue weighted by Crippen LogP contribution is -2.34. The van der Waals surface area contributed by atoms with Crippen molar-refractivity contribution in [2.75, 3.05) is 13.1 Å². The Bertz CT molecular complexity index is 787. The maximum Gasteiger partial charge on any atom is 0.270 e. The lowest BCUT2D eigenvalue weighted by molar-refractivity contribution is 0.0753. The maximum absolute atomic E-state index is 12.5. The number of rotatable bonds is 3. The summed E-state index contributed by atoms with van der Waals surface area (Å²) in [6.07, 6.45) is 8.18. The predicted molar refractivity (Wildman–Crippen MR) is 84.0 cm³/mol. The predicted octanol–water partition coefficient (Wildman–Crippen LogP) is 1.15. The fraction of sp³-hybridized carbons (Fsp3) is 0.312. The van der Waals surface area contributed by atoms with Crippen LogP contribution in [0.4, 0.5) is 0 Å². The molecule has 7 heteroatoms. The SMILES string of the molecule is O=C(c1ccc[nH]1)N1CCc2ncc(Cn3cccn3)n2CC1. The van der Waals surface area contributed by atoms with Crippen LogP contribution < -0.4 is 0 Å². The molecule has 3 aromatic heterocycles. The number of nitrogens with one attached hydrogen (secondary N) is 1. The molecule has 1 aliphatic rings. The van der Waals surface area contributed by atoms with Crippen molar-refractivity contribution in [3.8, 4) is 0 Å². The Morgan fingerprint density at radius 2 is 2.22 bits per heavy atom. The van der Waals surface area contributed by atoms with Crippen LogP contribution in [0.2, 0.25) is 0 Å². The van der Waals surface area contributed by atoms with Crippen LogP contribution in [-0.4, -0.2) is 48.2 Å². The van der Waals surface area contributed by atoms with Gasteiger partial charge >= 0.3 is 0 Å². The molecule has 3 aromatic rings. The first-order valence-electron chi connectivity index (χ1n) is 7.74. The van der Waals surface area contributed by atoms with E-state index in [0.29, 0.717) is 25.3 Å². The molecule has 0 atom stereocenters. The van der Waals surface area contributed by atoms with Gasteiger partial charge < -0.3 is 14.5 Å². The Hall–Kier alpha value is -2.83. The van der Waals surface area contributed by atoms with Crippen LogP contribution in [0, 0.1) is 0 Å². The van der Waals surface area contributed by atoms with Crippen molar-refractivity contribution >= 4 is 5.91 Å². The summed E-state index contributed by atoms with van der Waals surface area (Å²) in [6.45, 7) is 2.84. The fourth-order valence-corrected chi connectivity index (χ4v) is 3.02. The molecule has 0 bridgehead atoms. The summed E-state index contributed by atoms with van der Waals surface area (Å²) in [7, 11) is 0. The molecule has 0 aliphatic carbocycles. The molecule has 23 heavy (non-hydrogen) atoms. The molecule has 0 spiro atoms. The first-order chi connectivity index (χ1) is 11.3. The minimum Gasteiger partial charge on any atom is -0.357 e. The number of H-pyrrole nitrogens is 1. The van der Waals surface area contributed by atoms with Crippen molar-refractivity contribution in [2.24, 2.45) is 0 Å². The van der Waals surface area contributed by atoms with Crippen LogP contribution in [0.1, 0.15) is 22.0 Å². The molecular weight excluding hydrogens is 292 g/mol. The molecule has 118 valence electrons. The second-order valence-electron chi connectivity index (χ2n) is 5.65. The van der Waals surface area contributed by atoms with Gasteiger partial charge in [-0.1, -0.05) is 0 Å².